The zero-order chi connectivity index (χ0) is 27.2. The Morgan fingerprint density at radius 3 is 1.94 bits per heavy atom. The molecule has 0 radical (unpaired) electrons. The lowest BCUT2D eigenvalue weighted by molar-refractivity contribution is -0.246. The molecule has 1 fully saturated rings. The van der Waals surface area contributed by atoms with Gasteiger partial charge in [0.1, 0.15) is 18.8 Å². The molecule has 1 N–H and O–H groups in total. The Hall–Kier alpha value is -4.13. The van der Waals surface area contributed by atoms with Crippen LogP contribution in [0.25, 0.3) is 0 Å². The SMILES string of the molecule is C=CC(=O)NC1=CC(=O)C([C@@H]2O[C@H](COC(C)=O)[C@@H](OC(C)=O)[C@H](OC(C)=O)[C@H]2OC(C)=O)=CC1=O. The Bertz CT molecular complexity index is 1060. The van der Waals surface area contributed by atoms with Gasteiger partial charge in [0.05, 0.1) is 5.70 Å². The minimum atomic E-state index is -1.55. The summed E-state index contributed by atoms with van der Waals surface area (Å²) in [6.07, 6.45) is -4.69. The highest BCUT2D eigenvalue weighted by Crippen LogP contribution is 2.34. The van der Waals surface area contributed by atoms with E-state index in [9.17, 15) is 33.6 Å². The van der Waals surface area contributed by atoms with Gasteiger partial charge in [0.15, 0.2) is 24.1 Å². The summed E-state index contributed by atoms with van der Waals surface area (Å²) in [7, 11) is 0. The Kier molecular flexibility index (Phi) is 9.38. The molecular formula is C23H25NO12. The molecule has 0 bridgehead atoms. The maximum absolute atomic E-state index is 12.9. The number of allylic oxidation sites excluding steroid dienone is 2. The molecule has 13 heteroatoms. The van der Waals surface area contributed by atoms with Crippen LogP contribution in [0.5, 0.6) is 0 Å². The molecule has 1 saturated heterocycles. The van der Waals surface area contributed by atoms with E-state index in [-0.39, 0.29) is 11.3 Å². The average molecular weight is 507 g/mol. The molecule has 1 aliphatic carbocycles. The van der Waals surface area contributed by atoms with E-state index in [2.05, 4.69) is 11.9 Å². The predicted octanol–water partition coefficient (Wildman–Crippen LogP) is -0.624. The van der Waals surface area contributed by atoms with Crippen molar-refractivity contribution in [2.24, 2.45) is 0 Å². The van der Waals surface area contributed by atoms with Crippen LogP contribution in [0.2, 0.25) is 0 Å². The van der Waals surface area contributed by atoms with Crippen LogP contribution >= 0.6 is 0 Å². The summed E-state index contributed by atoms with van der Waals surface area (Å²) in [5.74, 6) is -5.56. The van der Waals surface area contributed by atoms with Crippen LogP contribution in [0, 0.1) is 0 Å². The number of carbonyl (C=O) groups excluding carboxylic acids is 7. The maximum atomic E-state index is 12.9. The molecule has 5 atom stereocenters. The molecular weight excluding hydrogens is 482 g/mol. The Morgan fingerprint density at radius 1 is 0.861 bits per heavy atom. The topological polar surface area (TPSA) is 178 Å². The van der Waals surface area contributed by atoms with Crippen molar-refractivity contribution in [1.29, 1.82) is 0 Å². The van der Waals surface area contributed by atoms with E-state index in [1.807, 2.05) is 0 Å². The number of carbonyl (C=O) groups is 7. The molecule has 0 spiro atoms. The molecule has 0 unspecified atom stereocenters. The molecule has 0 saturated carbocycles. The highest BCUT2D eigenvalue weighted by Gasteiger charge is 2.54. The number of hydrogen-bond acceptors (Lipinski definition) is 12. The van der Waals surface area contributed by atoms with Gasteiger partial charge >= 0.3 is 23.9 Å². The van der Waals surface area contributed by atoms with Gasteiger partial charge in [0, 0.05) is 39.3 Å². The summed E-state index contributed by atoms with van der Waals surface area (Å²) in [6, 6.07) is 0. The van der Waals surface area contributed by atoms with E-state index in [0.717, 1.165) is 45.9 Å². The van der Waals surface area contributed by atoms with Gasteiger partial charge in [-0.05, 0) is 12.2 Å². The van der Waals surface area contributed by atoms with Gasteiger partial charge in [-0.25, -0.2) is 0 Å². The highest BCUT2D eigenvalue weighted by molar-refractivity contribution is 6.21. The molecule has 1 heterocycles. The lowest BCUT2D eigenvalue weighted by Crippen LogP contribution is -2.63. The molecule has 0 aromatic heterocycles. The van der Waals surface area contributed by atoms with E-state index in [4.69, 9.17) is 23.7 Å². The largest absolute Gasteiger partial charge is 0.463 e. The van der Waals surface area contributed by atoms with Gasteiger partial charge in [-0.2, -0.15) is 0 Å². The second kappa shape index (κ2) is 12.0. The molecule has 36 heavy (non-hydrogen) atoms. The van der Waals surface area contributed by atoms with Crippen molar-refractivity contribution < 1.29 is 57.2 Å². The molecule has 194 valence electrons. The fraction of sp³-hybridized carbons (Fsp3) is 0.435. The average Bonchev–Trinajstić information content (AvgIpc) is 2.76. The summed E-state index contributed by atoms with van der Waals surface area (Å²) < 4.78 is 26.7. The van der Waals surface area contributed by atoms with Crippen molar-refractivity contribution in [2.75, 3.05) is 6.61 Å². The number of amides is 1. The van der Waals surface area contributed by atoms with Crippen molar-refractivity contribution in [3.05, 3.63) is 36.1 Å². The first-order valence-electron chi connectivity index (χ1n) is 10.6. The number of hydrogen-bond donors (Lipinski definition) is 1. The van der Waals surface area contributed by atoms with Crippen molar-refractivity contribution in [1.82, 2.24) is 5.32 Å². The van der Waals surface area contributed by atoms with Crippen molar-refractivity contribution in [2.45, 2.75) is 58.2 Å². The number of ether oxygens (including phenoxy) is 5. The quantitative estimate of drug-likeness (QED) is 0.191. The lowest BCUT2D eigenvalue weighted by Gasteiger charge is -2.45. The second-order valence-corrected chi connectivity index (χ2v) is 7.70. The third-order valence-corrected chi connectivity index (χ3v) is 4.85. The molecule has 1 aliphatic heterocycles. The maximum Gasteiger partial charge on any atom is 0.303 e. The zero-order valence-corrected chi connectivity index (χ0v) is 19.9. The van der Waals surface area contributed by atoms with Crippen LogP contribution in [0.1, 0.15) is 27.7 Å². The number of esters is 4. The molecule has 2 aliphatic rings. The van der Waals surface area contributed by atoms with E-state index in [1.165, 1.54) is 0 Å². The molecule has 2 rings (SSSR count). The first-order valence-corrected chi connectivity index (χ1v) is 10.6. The standard InChI is InChI=1S/C23H25NO12/c1-6-19(31)24-15-8-16(29)14(7-17(15)30)20-22(34-12(4)27)23(35-13(5)28)21(33-11(3)26)18(36-20)9-32-10(2)25/h6-8,18,20-23H,1,9H2,2-5H3,(H,24,31)/t18-,20+,21-,22+,23+/m1/s1. The van der Waals surface area contributed by atoms with Gasteiger partial charge in [-0.3, -0.25) is 33.6 Å². The van der Waals surface area contributed by atoms with Crippen LogP contribution in [-0.2, 0) is 57.2 Å². The summed E-state index contributed by atoms with van der Waals surface area (Å²) in [5, 5.41) is 2.20. The minimum Gasteiger partial charge on any atom is -0.463 e. The minimum absolute atomic E-state index is 0.311. The first-order chi connectivity index (χ1) is 16.8. The third-order valence-electron chi connectivity index (χ3n) is 4.85. The lowest BCUT2D eigenvalue weighted by atomic mass is 9.86. The molecule has 1 amide bonds. The predicted molar refractivity (Wildman–Crippen MR) is 116 cm³/mol. The van der Waals surface area contributed by atoms with Gasteiger partial charge in [0.2, 0.25) is 11.7 Å². The van der Waals surface area contributed by atoms with E-state index >= 15 is 0 Å². The number of ketones is 2. The Labute approximate surface area is 205 Å². The van der Waals surface area contributed by atoms with Crippen LogP contribution in [0.4, 0.5) is 0 Å². The first kappa shape index (κ1) is 28.1. The van der Waals surface area contributed by atoms with Crippen LogP contribution in [-0.4, -0.2) is 78.5 Å². The smallest absolute Gasteiger partial charge is 0.303 e. The number of rotatable bonds is 8. The van der Waals surface area contributed by atoms with Gasteiger partial charge in [-0.1, -0.05) is 6.58 Å². The summed E-state index contributed by atoms with van der Waals surface area (Å²) in [4.78, 5) is 84.1. The second-order valence-electron chi connectivity index (χ2n) is 7.70. The monoisotopic (exact) mass is 507 g/mol. The Morgan fingerprint density at radius 2 is 1.42 bits per heavy atom. The van der Waals surface area contributed by atoms with Crippen LogP contribution in [0.15, 0.2) is 36.1 Å². The van der Waals surface area contributed by atoms with Gasteiger partial charge < -0.3 is 29.0 Å². The third kappa shape index (κ3) is 7.18. The van der Waals surface area contributed by atoms with Crippen molar-refractivity contribution in [3.8, 4) is 0 Å². The normalized spacial score (nSPS) is 25.5. The van der Waals surface area contributed by atoms with E-state index in [0.29, 0.717) is 0 Å². The van der Waals surface area contributed by atoms with E-state index in [1.54, 1.807) is 0 Å². The highest BCUT2D eigenvalue weighted by atomic mass is 16.7. The van der Waals surface area contributed by atoms with E-state index < -0.39 is 78.5 Å². The zero-order valence-electron chi connectivity index (χ0n) is 19.9. The summed E-state index contributed by atoms with van der Waals surface area (Å²) >= 11 is 0. The molecule has 0 aromatic rings. The number of nitrogens with one attached hydrogen (secondary N) is 1. The van der Waals surface area contributed by atoms with Gasteiger partial charge in [-0.15, -0.1) is 0 Å². The molecule has 13 nitrogen and oxygen atoms in total. The van der Waals surface area contributed by atoms with Crippen molar-refractivity contribution in [3.63, 3.8) is 0 Å². The fourth-order valence-corrected chi connectivity index (χ4v) is 3.56. The summed E-state index contributed by atoms with van der Waals surface area (Å²) in [5.41, 5.74) is -0.645. The Balaban J connectivity index is 2.56. The van der Waals surface area contributed by atoms with Crippen LogP contribution in [0.3, 0.4) is 0 Å². The fourth-order valence-electron chi connectivity index (χ4n) is 3.56. The van der Waals surface area contributed by atoms with Crippen LogP contribution < -0.4 is 5.32 Å². The molecule has 0 aromatic carbocycles. The van der Waals surface area contributed by atoms with Crippen molar-refractivity contribution >= 4 is 41.4 Å². The summed E-state index contributed by atoms with van der Waals surface area (Å²) in [6.45, 7) is 7.03. The van der Waals surface area contributed by atoms with Gasteiger partial charge in [0.25, 0.3) is 0 Å².